The maximum atomic E-state index is 12.6. The Bertz CT molecular complexity index is 909. The van der Waals surface area contributed by atoms with Gasteiger partial charge in [0.25, 0.3) is 11.6 Å². The first kappa shape index (κ1) is 19.3. The van der Waals surface area contributed by atoms with Crippen LogP contribution in [0.5, 0.6) is 0 Å². The highest BCUT2D eigenvalue weighted by molar-refractivity contribution is 5.98. The van der Waals surface area contributed by atoms with Crippen LogP contribution >= 0.6 is 0 Å². The number of aryl methyl sites for hydroxylation is 1. The molecular formula is C20H21N3O5. The molecule has 28 heavy (non-hydrogen) atoms. The average Bonchev–Trinajstić information content (AvgIpc) is 2.70. The maximum absolute atomic E-state index is 12.6. The van der Waals surface area contributed by atoms with Crippen LogP contribution in [0.15, 0.2) is 42.5 Å². The van der Waals surface area contributed by atoms with Gasteiger partial charge in [-0.2, -0.15) is 0 Å². The lowest BCUT2D eigenvalue weighted by molar-refractivity contribution is -0.384. The van der Waals surface area contributed by atoms with E-state index in [1.165, 1.54) is 17.0 Å². The van der Waals surface area contributed by atoms with Gasteiger partial charge in [0.1, 0.15) is 0 Å². The minimum absolute atomic E-state index is 0.000600. The number of ether oxygens (including phenoxy) is 1. The molecule has 1 amide bonds. The Balaban J connectivity index is 1.65. The van der Waals surface area contributed by atoms with E-state index in [1.54, 1.807) is 30.3 Å². The number of amides is 1. The number of fused-ring (bicyclic) bond motifs is 1. The maximum Gasteiger partial charge on any atom is 0.338 e. The van der Waals surface area contributed by atoms with Crippen LogP contribution in [0, 0.1) is 10.1 Å². The molecule has 0 saturated heterocycles. The van der Waals surface area contributed by atoms with Crippen LogP contribution in [0.2, 0.25) is 0 Å². The van der Waals surface area contributed by atoms with Crippen molar-refractivity contribution in [3.63, 3.8) is 0 Å². The van der Waals surface area contributed by atoms with Crippen molar-refractivity contribution in [2.24, 2.45) is 0 Å². The number of benzene rings is 2. The number of nitro groups is 1. The quantitative estimate of drug-likeness (QED) is 0.448. The van der Waals surface area contributed by atoms with E-state index in [-0.39, 0.29) is 18.2 Å². The molecule has 2 aromatic rings. The molecule has 8 heteroatoms. The summed E-state index contributed by atoms with van der Waals surface area (Å²) in [7, 11) is 3.80. The fraction of sp³-hybridized carbons (Fsp3) is 0.300. The standard InChI is InChI=1S/C20H21N3O5/c1-21(2)16-7-5-14(6-8-16)20(25)28-13-19(24)22-11-3-4-15-12-17(23(26)27)9-10-18(15)22/h5-10,12H,3-4,11,13H2,1-2H3. The van der Waals surface area contributed by atoms with Gasteiger partial charge in [-0.1, -0.05) is 0 Å². The molecule has 0 bridgehead atoms. The van der Waals surface area contributed by atoms with Crippen LogP contribution in [0.1, 0.15) is 22.3 Å². The van der Waals surface area contributed by atoms with Gasteiger partial charge in [0.2, 0.25) is 0 Å². The summed E-state index contributed by atoms with van der Waals surface area (Å²) in [4.78, 5) is 38.7. The molecule has 0 unspecified atom stereocenters. The number of carbonyl (C=O) groups excluding carboxylic acids is 2. The summed E-state index contributed by atoms with van der Waals surface area (Å²) in [5.41, 5.74) is 2.70. The van der Waals surface area contributed by atoms with Crippen LogP contribution in [0.4, 0.5) is 17.1 Å². The summed E-state index contributed by atoms with van der Waals surface area (Å²) in [5.74, 6) is -0.923. The summed E-state index contributed by atoms with van der Waals surface area (Å²) in [6, 6.07) is 11.3. The Hall–Kier alpha value is -3.42. The molecule has 1 aliphatic rings. The van der Waals surface area contributed by atoms with Crippen molar-refractivity contribution < 1.29 is 19.2 Å². The van der Waals surface area contributed by atoms with Crippen molar-refractivity contribution in [3.05, 3.63) is 63.7 Å². The summed E-state index contributed by atoms with van der Waals surface area (Å²) in [6.45, 7) is 0.101. The first-order chi connectivity index (χ1) is 13.4. The Morgan fingerprint density at radius 2 is 1.89 bits per heavy atom. The van der Waals surface area contributed by atoms with Crippen LogP contribution in [-0.4, -0.2) is 44.0 Å². The van der Waals surface area contributed by atoms with Crippen LogP contribution in [0.3, 0.4) is 0 Å². The Kier molecular flexibility index (Phi) is 5.58. The fourth-order valence-corrected chi connectivity index (χ4v) is 3.14. The number of hydrogen-bond acceptors (Lipinski definition) is 6. The highest BCUT2D eigenvalue weighted by Crippen LogP contribution is 2.30. The van der Waals surface area contributed by atoms with Gasteiger partial charge in [0, 0.05) is 44.1 Å². The van der Waals surface area contributed by atoms with Gasteiger partial charge < -0.3 is 14.5 Å². The Labute approximate surface area is 162 Å². The van der Waals surface area contributed by atoms with E-state index in [1.807, 2.05) is 19.0 Å². The number of nitro benzene ring substituents is 1. The molecule has 0 saturated carbocycles. The molecule has 146 valence electrons. The Morgan fingerprint density at radius 3 is 2.54 bits per heavy atom. The molecule has 0 spiro atoms. The third-order valence-electron chi connectivity index (χ3n) is 4.64. The molecular weight excluding hydrogens is 362 g/mol. The summed E-state index contributed by atoms with van der Waals surface area (Å²) < 4.78 is 5.17. The predicted octanol–water partition coefficient (Wildman–Crippen LogP) is 2.80. The minimum Gasteiger partial charge on any atom is -0.452 e. The summed E-state index contributed by atoms with van der Waals surface area (Å²) in [5, 5.41) is 10.9. The van der Waals surface area contributed by atoms with Gasteiger partial charge in [-0.3, -0.25) is 14.9 Å². The SMILES string of the molecule is CN(C)c1ccc(C(=O)OCC(=O)N2CCCc3cc([N+](=O)[O-])ccc32)cc1. The summed E-state index contributed by atoms with van der Waals surface area (Å²) >= 11 is 0. The fourth-order valence-electron chi connectivity index (χ4n) is 3.14. The molecule has 1 aliphatic heterocycles. The minimum atomic E-state index is -0.570. The van der Waals surface area contributed by atoms with Crippen molar-refractivity contribution in [3.8, 4) is 0 Å². The molecule has 0 radical (unpaired) electrons. The van der Waals surface area contributed by atoms with Gasteiger partial charge in [-0.25, -0.2) is 4.79 Å². The summed E-state index contributed by atoms with van der Waals surface area (Å²) in [6.07, 6.45) is 1.36. The van der Waals surface area contributed by atoms with Crippen molar-refractivity contribution >= 4 is 28.9 Å². The third-order valence-corrected chi connectivity index (χ3v) is 4.64. The van der Waals surface area contributed by atoms with E-state index in [9.17, 15) is 19.7 Å². The number of hydrogen-bond donors (Lipinski definition) is 0. The van der Waals surface area contributed by atoms with E-state index in [0.29, 0.717) is 30.6 Å². The van der Waals surface area contributed by atoms with Gasteiger partial charge >= 0.3 is 5.97 Å². The number of non-ortho nitro benzene ring substituents is 1. The zero-order valence-electron chi connectivity index (χ0n) is 15.8. The van der Waals surface area contributed by atoms with Crippen LogP contribution in [0.25, 0.3) is 0 Å². The van der Waals surface area contributed by atoms with E-state index in [2.05, 4.69) is 0 Å². The second-order valence-corrected chi connectivity index (χ2v) is 6.74. The highest BCUT2D eigenvalue weighted by atomic mass is 16.6. The second kappa shape index (κ2) is 8.08. The van der Waals surface area contributed by atoms with Gasteiger partial charge in [0.05, 0.1) is 10.5 Å². The second-order valence-electron chi connectivity index (χ2n) is 6.74. The predicted molar refractivity (Wildman–Crippen MR) is 105 cm³/mol. The topological polar surface area (TPSA) is 93.0 Å². The van der Waals surface area contributed by atoms with E-state index in [0.717, 1.165) is 11.3 Å². The molecule has 2 aromatic carbocycles. The van der Waals surface area contributed by atoms with Crippen molar-refractivity contribution in [1.82, 2.24) is 0 Å². The lowest BCUT2D eigenvalue weighted by atomic mass is 10.0. The largest absolute Gasteiger partial charge is 0.452 e. The van der Waals surface area contributed by atoms with Crippen molar-refractivity contribution in [2.45, 2.75) is 12.8 Å². The average molecular weight is 383 g/mol. The van der Waals surface area contributed by atoms with Gasteiger partial charge in [-0.15, -0.1) is 0 Å². The molecule has 3 rings (SSSR count). The monoisotopic (exact) mass is 383 g/mol. The van der Waals surface area contributed by atoms with Gasteiger partial charge in [0.15, 0.2) is 6.61 Å². The van der Waals surface area contributed by atoms with Crippen molar-refractivity contribution in [2.75, 3.05) is 37.0 Å². The molecule has 1 heterocycles. The molecule has 0 atom stereocenters. The number of nitrogens with zero attached hydrogens (tertiary/aromatic N) is 3. The zero-order chi connectivity index (χ0) is 20.3. The van der Waals surface area contributed by atoms with Crippen LogP contribution < -0.4 is 9.80 Å². The van der Waals surface area contributed by atoms with E-state index < -0.39 is 10.9 Å². The third kappa shape index (κ3) is 4.11. The number of esters is 1. The van der Waals surface area contributed by atoms with E-state index >= 15 is 0 Å². The highest BCUT2D eigenvalue weighted by Gasteiger charge is 2.25. The lowest BCUT2D eigenvalue weighted by Crippen LogP contribution is -2.38. The lowest BCUT2D eigenvalue weighted by Gasteiger charge is -2.29. The Morgan fingerprint density at radius 1 is 1.18 bits per heavy atom. The van der Waals surface area contributed by atoms with Crippen LogP contribution in [-0.2, 0) is 16.0 Å². The number of rotatable bonds is 5. The van der Waals surface area contributed by atoms with Gasteiger partial charge in [-0.05, 0) is 48.7 Å². The van der Waals surface area contributed by atoms with Crippen molar-refractivity contribution in [1.29, 1.82) is 0 Å². The number of carbonyl (C=O) groups is 2. The molecule has 0 N–H and O–H groups in total. The first-order valence-electron chi connectivity index (χ1n) is 8.89. The smallest absolute Gasteiger partial charge is 0.338 e. The number of anilines is 2. The molecule has 0 fully saturated rings. The molecule has 0 aromatic heterocycles. The normalized spacial score (nSPS) is 12.9. The molecule has 0 aliphatic carbocycles. The zero-order valence-corrected chi connectivity index (χ0v) is 15.8. The molecule has 8 nitrogen and oxygen atoms in total. The first-order valence-corrected chi connectivity index (χ1v) is 8.89. The van der Waals surface area contributed by atoms with E-state index in [4.69, 9.17) is 4.74 Å².